The maximum Gasteiger partial charge on any atom is 0.255 e. The third kappa shape index (κ3) is 4.13. The minimum Gasteiger partial charge on any atom is -0.324 e. The zero-order valence-electron chi connectivity index (χ0n) is 15.2. The Bertz CT molecular complexity index is 1090. The van der Waals surface area contributed by atoms with Crippen molar-refractivity contribution < 1.29 is 4.79 Å². The van der Waals surface area contributed by atoms with E-state index < -0.39 is 0 Å². The van der Waals surface area contributed by atoms with Crippen LogP contribution in [0.2, 0.25) is 0 Å². The fraction of sp³-hybridized carbons (Fsp3) is 0.0455. The standard InChI is InChI=1S/C22H18N4OS/c1-16-14-19(28-22-23-10-5-11-24-22)8-9-20(16)25-21(27)17-6-4-7-18(15-17)26-12-2-3-13-26/h2-15H,1H3,(H,25,27). The van der Waals surface area contributed by atoms with Crippen molar-refractivity contribution in [1.29, 1.82) is 0 Å². The molecule has 2 aromatic heterocycles. The lowest BCUT2D eigenvalue weighted by molar-refractivity contribution is 0.102. The average molecular weight is 386 g/mol. The van der Waals surface area contributed by atoms with Crippen LogP contribution in [0, 0.1) is 6.92 Å². The van der Waals surface area contributed by atoms with Gasteiger partial charge in [-0.15, -0.1) is 0 Å². The van der Waals surface area contributed by atoms with Crippen LogP contribution < -0.4 is 5.32 Å². The smallest absolute Gasteiger partial charge is 0.255 e. The summed E-state index contributed by atoms with van der Waals surface area (Å²) < 4.78 is 1.97. The first-order valence-electron chi connectivity index (χ1n) is 8.79. The number of nitrogens with zero attached hydrogens (tertiary/aromatic N) is 3. The van der Waals surface area contributed by atoms with Gasteiger partial charge in [0.05, 0.1) is 0 Å². The van der Waals surface area contributed by atoms with Crippen molar-refractivity contribution in [2.24, 2.45) is 0 Å². The molecule has 0 saturated carbocycles. The van der Waals surface area contributed by atoms with E-state index in [1.165, 1.54) is 11.8 Å². The third-order valence-electron chi connectivity index (χ3n) is 4.21. The van der Waals surface area contributed by atoms with E-state index >= 15 is 0 Å². The molecule has 5 nitrogen and oxygen atoms in total. The van der Waals surface area contributed by atoms with Crippen LogP contribution in [-0.4, -0.2) is 20.4 Å². The molecule has 1 N–H and O–H groups in total. The highest BCUT2D eigenvalue weighted by molar-refractivity contribution is 7.99. The lowest BCUT2D eigenvalue weighted by atomic mass is 10.1. The van der Waals surface area contributed by atoms with Gasteiger partial charge in [0.2, 0.25) is 0 Å². The van der Waals surface area contributed by atoms with Gasteiger partial charge in [0.25, 0.3) is 5.91 Å². The van der Waals surface area contributed by atoms with Crippen LogP contribution >= 0.6 is 11.8 Å². The Kier molecular flexibility index (Phi) is 5.21. The van der Waals surface area contributed by atoms with E-state index in [0.29, 0.717) is 10.7 Å². The SMILES string of the molecule is Cc1cc(Sc2ncccn2)ccc1NC(=O)c1cccc(-n2cccc2)c1. The number of aryl methyl sites for hydroxylation is 1. The highest BCUT2D eigenvalue weighted by Gasteiger charge is 2.10. The lowest BCUT2D eigenvalue weighted by Crippen LogP contribution is -2.13. The monoisotopic (exact) mass is 386 g/mol. The number of amides is 1. The number of aromatic nitrogens is 3. The molecular weight excluding hydrogens is 368 g/mol. The predicted molar refractivity (Wildman–Crippen MR) is 111 cm³/mol. The molecule has 0 atom stereocenters. The van der Waals surface area contributed by atoms with E-state index in [2.05, 4.69) is 15.3 Å². The van der Waals surface area contributed by atoms with Gasteiger partial charge < -0.3 is 9.88 Å². The van der Waals surface area contributed by atoms with Gasteiger partial charge in [-0.2, -0.15) is 0 Å². The second-order valence-corrected chi connectivity index (χ2v) is 7.25. The zero-order chi connectivity index (χ0) is 19.3. The van der Waals surface area contributed by atoms with Crippen LogP contribution in [0.3, 0.4) is 0 Å². The molecule has 0 aliphatic carbocycles. The molecule has 0 radical (unpaired) electrons. The Morgan fingerprint density at radius 2 is 1.75 bits per heavy atom. The van der Waals surface area contributed by atoms with Gasteiger partial charge in [0.15, 0.2) is 5.16 Å². The summed E-state index contributed by atoms with van der Waals surface area (Å²) in [7, 11) is 0. The van der Waals surface area contributed by atoms with Gasteiger partial charge in [0.1, 0.15) is 0 Å². The van der Waals surface area contributed by atoms with Crippen molar-refractivity contribution in [1.82, 2.24) is 14.5 Å². The maximum absolute atomic E-state index is 12.7. The molecule has 1 amide bonds. The number of rotatable bonds is 5. The zero-order valence-corrected chi connectivity index (χ0v) is 16.1. The Hall–Kier alpha value is -3.38. The van der Waals surface area contributed by atoms with Crippen molar-refractivity contribution in [3.05, 3.63) is 96.6 Å². The topological polar surface area (TPSA) is 59.8 Å². The van der Waals surface area contributed by atoms with E-state index in [4.69, 9.17) is 0 Å². The predicted octanol–water partition coefficient (Wildman–Crippen LogP) is 4.98. The first-order chi connectivity index (χ1) is 13.7. The first kappa shape index (κ1) is 18.0. The Morgan fingerprint density at radius 1 is 0.964 bits per heavy atom. The molecule has 2 aromatic carbocycles. The van der Waals surface area contributed by atoms with Gasteiger partial charge in [-0.25, -0.2) is 9.97 Å². The molecule has 0 fully saturated rings. The molecule has 138 valence electrons. The summed E-state index contributed by atoms with van der Waals surface area (Å²) in [4.78, 5) is 22.2. The second-order valence-electron chi connectivity index (χ2n) is 6.20. The number of nitrogens with one attached hydrogen (secondary N) is 1. The van der Waals surface area contributed by atoms with E-state index in [9.17, 15) is 4.79 Å². The van der Waals surface area contributed by atoms with E-state index in [0.717, 1.165) is 21.8 Å². The Labute approximate surface area is 167 Å². The number of benzene rings is 2. The summed E-state index contributed by atoms with van der Waals surface area (Å²) in [6.07, 6.45) is 7.35. The summed E-state index contributed by atoms with van der Waals surface area (Å²) in [5.74, 6) is -0.135. The summed E-state index contributed by atoms with van der Waals surface area (Å²) in [6.45, 7) is 1.97. The molecule has 6 heteroatoms. The molecule has 0 unspecified atom stereocenters. The van der Waals surface area contributed by atoms with Crippen LogP contribution in [0.5, 0.6) is 0 Å². The minimum absolute atomic E-state index is 0.135. The number of carbonyl (C=O) groups excluding carboxylic acids is 1. The fourth-order valence-corrected chi connectivity index (χ4v) is 3.60. The van der Waals surface area contributed by atoms with Crippen molar-refractivity contribution in [3.63, 3.8) is 0 Å². The highest BCUT2D eigenvalue weighted by atomic mass is 32.2. The number of carbonyl (C=O) groups is 1. The highest BCUT2D eigenvalue weighted by Crippen LogP contribution is 2.28. The molecule has 0 saturated heterocycles. The van der Waals surface area contributed by atoms with Crippen LogP contribution in [0.25, 0.3) is 5.69 Å². The van der Waals surface area contributed by atoms with Crippen LogP contribution in [0.15, 0.2) is 95.5 Å². The van der Waals surface area contributed by atoms with Crippen LogP contribution in [0.4, 0.5) is 5.69 Å². The molecule has 0 bridgehead atoms. The van der Waals surface area contributed by atoms with Crippen molar-refractivity contribution in [3.8, 4) is 5.69 Å². The van der Waals surface area contributed by atoms with E-state index in [-0.39, 0.29) is 5.91 Å². The van der Waals surface area contributed by atoms with Crippen LogP contribution in [-0.2, 0) is 0 Å². The minimum atomic E-state index is -0.135. The average Bonchev–Trinajstić information content (AvgIpc) is 3.26. The first-order valence-corrected chi connectivity index (χ1v) is 9.61. The van der Waals surface area contributed by atoms with Crippen molar-refractivity contribution in [2.45, 2.75) is 17.0 Å². The Morgan fingerprint density at radius 3 is 2.50 bits per heavy atom. The molecule has 0 aliphatic heterocycles. The molecule has 0 spiro atoms. The van der Waals surface area contributed by atoms with Crippen LogP contribution in [0.1, 0.15) is 15.9 Å². The van der Waals surface area contributed by atoms with Gasteiger partial charge in [-0.1, -0.05) is 6.07 Å². The van der Waals surface area contributed by atoms with Gasteiger partial charge in [0, 0.05) is 46.6 Å². The van der Waals surface area contributed by atoms with Crippen molar-refractivity contribution >= 4 is 23.4 Å². The summed E-state index contributed by atoms with van der Waals surface area (Å²) in [5.41, 5.74) is 3.33. The van der Waals surface area contributed by atoms with Gasteiger partial charge in [-0.3, -0.25) is 4.79 Å². The lowest BCUT2D eigenvalue weighted by Gasteiger charge is -2.11. The normalized spacial score (nSPS) is 10.6. The molecule has 2 heterocycles. The summed E-state index contributed by atoms with van der Waals surface area (Å²) in [5, 5.41) is 3.70. The maximum atomic E-state index is 12.7. The number of hydrogen-bond donors (Lipinski definition) is 1. The van der Waals surface area contributed by atoms with Gasteiger partial charge in [-0.05, 0) is 78.8 Å². The fourth-order valence-electron chi connectivity index (χ4n) is 2.79. The van der Waals surface area contributed by atoms with E-state index in [1.807, 2.05) is 78.5 Å². The van der Waals surface area contributed by atoms with Gasteiger partial charge >= 0.3 is 0 Å². The molecule has 0 aliphatic rings. The third-order valence-corrected chi connectivity index (χ3v) is 5.09. The van der Waals surface area contributed by atoms with Crippen molar-refractivity contribution in [2.75, 3.05) is 5.32 Å². The Balaban J connectivity index is 1.50. The molecule has 4 aromatic rings. The molecular formula is C22H18N4OS. The second kappa shape index (κ2) is 8.10. The molecule has 28 heavy (non-hydrogen) atoms. The largest absolute Gasteiger partial charge is 0.324 e. The molecule has 4 rings (SSSR count). The summed E-state index contributed by atoms with van der Waals surface area (Å²) >= 11 is 1.49. The quantitative estimate of drug-likeness (QED) is 0.492. The summed E-state index contributed by atoms with van der Waals surface area (Å²) in [6, 6.07) is 19.1. The number of hydrogen-bond acceptors (Lipinski definition) is 4. The van der Waals surface area contributed by atoms with E-state index in [1.54, 1.807) is 18.5 Å². The number of anilines is 1.